The Kier molecular flexibility index (Phi) is 4.95. The highest BCUT2D eigenvalue weighted by atomic mass is 16.2. The molecule has 0 bridgehead atoms. The van der Waals surface area contributed by atoms with Gasteiger partial charge >= 0.3 is 6.03 Å². The SMILES string of the molecule is CN(Cc1nccc(N)n1)[C@@H]1CCCN(C(=O)NC2CC2)CC1. The van der Waals surface area contributed by atoms with Crippen molar-refractivity contribution in [3.63, 3.8) is 0 Å². The normalized spacial score (nSPS) is 22.0. The highest BCUT2D eigenvalue weighted by molar-refractivity contribution is 5.74. The van der Waals surface area contributed by atoms with Crippen LogP contribution in [0.25, 0.3) is 0 Å². The number of likely N-dealkylation sites (tertiary alicyclic amines) is 1. The fraction of sp³-hybridized carbons (Fsp3) is 0.688. The molecule has 2 fully saturated rings. The first-order valence-electron chi connectivity index (χ1n) is 8.45. The average molecular weight is 318 g/mol. The third-order valence-corrected chi connectivity index (χ3v) is 4.63. The number of nitrogen functional groups attached to an aromatic ring is 1. The molecule has 0 spiro atoms. The molecule has 1 aliphatic heterocycles. The first-order valence-corrected chi connectivity index (χ1v) is 8.45. The van der Waals surface area contributed by atoms with Crippen LogP contribution in [0.5, 0.6) is 0 Å². The lowest BCUT2D eigenvalue weighted by Gasteiger charge is -2.26. The molecule has 1 aliphatic carbocycles. The summed E-state index contributed by atoms with van der Waals surface area (Å²) < 4.78 is 0. The highest BCUT2D eigenvalue weighted by Crippen LogP contribution is 2.21. The van der Waals surface area contributed by atoms with Crippen molar-refractivity contribution in [1.29, 1.82) is 0 Å². The molecule has 0 aromatic carbocycles. The summed E-state index contributed by atoms with van der Waals surface area (Å²) in [7, 11) is 2.09. The van der Waals surface area contributed by atoms with Gasteiger partial charge in [0.2, 0.25) is 0 Å². The number of hydrogen-bond donors (Lipinski definition) is 2. The van der Waals surface area contributed by atoms with E-state index in [1.54, 1.807) is 12.3 Å². The number of hydrogen-bond acceptors (Lipinski definition) is 5. The van der Waals surface area contributed by atoms with Crippen LogP contribution in [0.15, 0.2) is 12.3 Å². The molecule has 1 saturated heterocycles. The first kappa shape index (κ1) is 16.0. The minimum absolute atomic E-state index is 0.106. The van der Waals surface area contributed by atoms with E-state index >= 15 is 0 Å². The van der Waals surface area contributed by atoms with Crippen molar-refractivity contribution in [2.45, 2.75) is 50.7 Å². The van der Waals surface area contributed by atoms with Gasteiger partial charge in [-0.15, -0.1) is 0 Å². The van der Waals surface area contributed by atoms with Crippen molar-refractivity contribution in [3.05, 3.63) is 18.1 Å². The lowest BCUT2D eigenvalue weighted by molar-refractivity contribution is 0.190. The Morgan fingerprint density at radius 2 is 2.22 bits per heavy atom. The molecule has 1 aromatic heterocycles. The van der Waals surface area contributed by atoms with Gasteiger partial charge in [-0.25, -0.2) is 14.8 Å². The Labute approximate surface area is 137 Å². The number of carbonyl (C=O) groups excluding carboxylic acids is 1. The van der Waals surface area contributed by atoms with E-state index in [1.807, 2.05) is 4.90 Å². The molecule has 1 saturated carbocycles. The molecule has 0 unspecified atom stereocenters. The lowest BCUT2D eigenvalue weighted by atomic mass is 10.1. The van der Waals surface area contributed by atoms with Crippen LogP contribution in [0.1, 0.15) is 37.9 Å². The van der Waals surface area contributed by atoms with Crippen molar-refractivity contribution in [3.8, 4) is 0 Å². The van der Waals surface area contributed by atoms with E-state index in [0.29, 0.717) is 24.4 Å². The van der Waals surface area contributed by atoms with Crippen LogP contribution in [-0.2, 0) is 6.54 Å². The van der Waals surface area contributed by atoms with E-state index in [1.165, 1.54) is 0 Å². The second-order valence-corrected chi connectivity index (χ2v) is 6.61. The van der Waals surface area contributed by atoms with Gasteiger partial charge in [-0.3, -0.25) is 4.90 Å². The lowest BCUT2D eigenvalue weighted by Crippen LogP contribution is -2.42. The highest BCUT2D eigenvalue weighted by Gasteiger charge is 2.28. The number of aromatic nitrogens is 2. The van der Waals surface area contributed by atoms with Crippen LogP contribution in [0.2, 0.25) is 0 Å². The van der Waals surface area contributed by atoms with E-state index < -0.39 is 0 Å². The van der Waals surface area contributed by atoms with Gasteiger partial charge in [-0.2, -0.15) is 0 Å². The van der Waals surface area contributed by atoms with E-state index in [2.05, 4.69) is 27.2 Å². The third-order valence-electron chi connectivity index (χ3n) is 4.63. The monoisotopic (exact) mass is 318 g/mol. The van der Waals surface area contributed by atoms with Gasteiger partial charge in [-0.1, -0.05) is 0 Å². The van der Waals surface area contributed by atoms with Crippen molar-refractivity contribution in [2.75, 3.05) is 25.9 Å². The fourth-order valence-corrected chi connectivity index (χ4v) is 3.06. The largest absolute Gasteiger partial charge is 0.384 e. The van der Waals surface area contributed by atoms with Gasteiger partial charge in [0.05, 0.1) is 6.54 Å². The number of nitrogens with zero attached hydrogens (tertiary/aromatic N) is 4. The smallest absolute Gasteiger partial charge is 0.317 e. The van der Waals surface area contributed by atoms with E-state index in [-0.39, 0.29) is 6.03 Å². The summed E-state index contributed by atoms with van der Waals surface area (Å²) in [6.45, 7) is 2.34. The summed E-state index contributed by atoms with van der Waals surface area (Å²) in [6, 6.07) is 2.67. The number of nitrogens with one attached hydrogen (secondary N) is 1. The van der Waals surface area contributed by atoms with Crippen LogP contribution >= 0.6 is 0 Å². The zero-order valence-electron chi connectivity index (χ0n) is 13.7. The maximum Gasteiger partial charge on any atom is 0.317 e. The van der Waals surface area contributed by atoms with Crippen LogP contribution < -0.4 is 11.1 Å². The summed E-state index contributed by atoms with van der Waals surface area (Å²) in [5.41, 5.74) is 5.71. The van der Waals surface area contributed by atoms with Gasteiger partial charge < -0.3 is 16.0 Å². The molecule has 2 amide bonds. The Morgan fingerprint density at radius 3 is 2.96 bits per heavy atom. The Balaban J connectivity index is 1.51. The summed E-state index contributed by atoms with van der Waals surface area (Å²) in [5.74, 6) is 1.26. The van der Waals surface area contributed by atoms with Crippen molar-refractivity contribution in [1.82, 2.24) is 25.1 Å². The second kappa shape index (κ2) is 7.12. The van der Waals surface area contributed by atoms with Gasteiger partial charge in [0, 0.05) is 31.4 Å². The zero-order valence-corrected chi connectivity index (χ0v) is 13.7. The van der Waals surface area contributed by atoms with E-state index in [4.69, 9.17) is 5.73 Å². The Morgan fingerprint density at radius 1 is 1.39 bits per heavy atom. The topological polar surface area (TPSA) is 87.4 Å². The molecule has 23 heavy (non-hydrogen) atoms. The van der Waals surface area contributed by atoms with Crippen LogP contribution in [0, 0.1) is 0 Å². The number of anilines is 1. The predicted octanol–water partition coefficient (Wildman–Crippen LogP) is 1.22. The van der Waals surface area contributed by atoms with Gasteiger partial charge in [0.1, 0.15) is 11.6 Å². The minimum Gasteiger partial charge on any atom is -0.384 e. The van der Waals surface area contributed by atoms with Crippen LogP contribution in [0.4, 0.5) is 10.6 Å². The summed E-state index contributed by atoms with van der Waals surface area (Å²) in [4.78, 5) is 24.9. The van der Waals surface area contributed by atoms with Gasteiger partial charge in [0.25, 0.3) is 0 Å². The molecular formula is C16H26N6O. The number of amides is 2. The van der Waals surface area contributed by atoms with Crippen molar-refractivity contribution in [2.24, 2.45) is 0 Å². The molecular weight excluding hydrogens is 292 g/mol. The molecule has 3 N–H and O–H groups in total. The minimum atomic E-state index is 0.106. The molecule has 2 heterocycles. The molecule has 0 radical (unpaired) electrons. The molecule has 2 aliphatic rings. The average Bonchev–Trinajstić information content (AvgIpc) is 3.32. The molecule has 1 atom stereocenters. The van der Waals surface area contributed by atoms with E-state index in [9.17, 15) is 4.79 Å². The van der Waals surface area contributed by atoms with Crippen molar-refractivity contribution < 1.29 is 4.79 Å². The van der Waals surface area contributed by atoms with E-state index in [0.717, 1.165) is 51.0 Å². The number of carbonyl (C=O) groups is 1. The van der Waals surface area contributed by atoms with Gasteiger partial charge in [0.15, 0.2) is 0 Å². The number of urea groups is 1. The third kappa shape index (κ3) is 4.54. The molecule has 126 valence electrons. The number of nitrogens with two attached hydrogens (primary N) is 1. The standard InChI is InChI=1S/C16H26N6O/c1-21(11-15-18-8-6-14(17)20-15)13-3-2-9-22(10-7-13)16(23)19-12-4-5-12/h6,8,12-13H,2-5,7,9-11H2,1H3,(H,19,23)(H2,17,18,20)/t13-/m1/s1. The molecule has 3 rings (SSSR count). The Bertz CT molecular complexity index is 547. The summed E-state index contributed by atoms with van der Waals surface area (Å²) in [6.07, 6.45) is 7.06. The van der Waals surface area contributed by atoms with Crippen LogP contribution in [-0.4, -0.2) is 58.0 Å². The maximum absolute atomic E-state index is 12.2. The first-order chi connectivity index (χ1) is 11.1. The zero-order chi connectivity index (χ0) is 16.2. The number of rotatable bonds is 4. The maximum atomic E-state index is 12.2. The summed E-state index contributed by atoms with van der Waals surface area (Å²) >= 11 is 0. The molecule has 1 aromatic rings. The quantitative estimate of drug-likeness (QED) is 0.871. The molecule has 7 heteroatoms. The summed E-state index contributed by atoms with van der Waals surface area (Å²) in [5, 5.41) is 3.08. The van der Waals surface area contributed by atoms with Gasteiger partial charge in [-0.05, 0) is 45.2 Å². The Hall–Kier alpha value is -1.89. The fourth-order valence-electron chi connectivity index (χ4n) is 3.06. The van der Waals surface area contributed by atoms with Crippen molar-refractivity contribution >= 4 is 11.8 Å². The van der Waals surface area contributed by atoms with Crippen LogP contribution in [0.3, 0.4) is 0 Å². The second-order valence-electron chi connectivity index (χ2n) is 6.61. The molecule has 7 nitrogen and oxygen atoms in total. The predicted molar refractivity (Wildman–Crippen MR) is 88.7 cm³/mol.